The summed E-state index contributed by atoms with van der Waals surface area (Å²) < 4.78 is 4.53. The van der Waals surface area contributed by atoms with E-state index in [2.05, 4.69) is 9.72 Å². The number of carbonyl (C=O) groups is 3. The number of esters is 1. The van der Waals surface area contributed by atoms with E-state index in [-0.39, 0.29) is 30.3 Å². The van der Waals surface area contributed by atoms with Gasteiger partial charge in [-0.3, -0.25) is 9.59 Å². The van der Waals surface area contributed by atoms with E-state index in [0.29, 0.717) is 5.69 Å². The third kappa shape index (κ3) is 2.15. The fourth-order valence-corrected chi connectivity index (χ4v) is 1.62. The summed E-state index contributed by atoms with van der Waals surface area (Å²) in [7, 11) is 1.25. The molecule has 1 aromatic heterocycles. The molecule has 2 rings (SSSR count). The molecule has 0 radical (unpaired) electrons. The van der Waals surface area contributed by atoms with Crippen molar-refractivity contribution < 1.29 is 19.1 Å². The van der Waals surface area contributed by atoms with Crippen LogP contribution in [0, 0.1) is 0 Å². The zero-order chi connectivity index (χ0) is 12.4. The summed E-state index contributed by atoms with van der Waals surface area (Å²) in [5.41, 5.74) is 0.591. The van der Waals surface area contributed by atoms with Crippen LogP contribution >= 0.6 is 0 Å². The molecule has 1 aliphatic rings. The Morgan fingerprint density at radius 3 is 2.82 bits per heavy atom. The number of nitrogens with zero attached hydrogens (tertiary/aromatic N) is 2. The van der Waals surface area contributed by atoms with Crippen molar-refractivity contribution in [2.75, 3.05) is 18.6 Å². The zero-order valence-corrected chi connectivity index (χ0v) is 9.17. The molecule has 2 heterocycles. The topological polar surface area (TPSA) is 76.6 Å². The van der Waals surface area contributed by atoms with E-state index in [0.717, 1.165) is 0 Å². The molecule has 0 bridgehead atoms. The number of ketones is 1. The second-order valence-corrected chi connectivity index (χ2v) is 3.59. The molecule has 1 aliphatic heterocycles. The van der Waals surface area contributed by atoms with Gasteiger partial charge in [-0.2, -0.15) is 0 Å². The van der Waals surface area contributed by atoms with Crippen LogP contribution in [0.2, 0.25) is 0 Å². The van der Waals surface area contributed by atoms with Gasteiger partial charge in [0.1, 0.15) is 5.69 Å². The molecule has 0 N–H and O–H groups in total. The molecule has 1 aromatic rings. The molecule has 6 nitrogen and oxygen atoms in total. The van der Waals surface area contributed by atoms with Gasteiger partial charge in [-0.25, -0.2) is 9.78 Å². The minimum atomic E-state index is -0.579. The van der Waals surface area contributed by atoms with Gasteiger partial charge in [0.15, 0.2) is 5.78 Å². The number of hydrogen-bond donors (Lipinski definition) is 0. The van der Waals surface area contributed by atoms with Crippen molar-refractivity contribution in [3.8, 4) is 0 Å². The van der Waals surface area contributed by atoms with Gasteiger partial charge in [0, 0.05) is 11.9 Å². The van der Waals surface area contributed by atoms with Crippen LogP contribution in [0.15, 0.2) is 18.3 Å². The number of anilines is 1. The van der Waals surface area contributed by atoms with E-state index in [4.69, 9.17) is 0 Å². The quantitative estimate of drug-likeness (QED) is 0.538. The number of pyridine rings is 1. The van der Waals surface area contributed by atoms with Crippen LogP contribution < -0.4 is 4.90 Å². The van der Waals surface area contributed by atoms with E-state index < -0.39 is 5.97 Å². The first-order valence-electron chi connectivity index (χ1n) is 4.98. The average molecular weight is 234 g/mol. The van der Waals surface area contributed by atoms with Crippen LogP contribution in [0.3, 0.4) is 0 Å². The lowest BCUT2D eigenvalue weighted by Crippen LogP contribution is -2.24. The number of methoxy groups -OCH3 is 1. The second-order valence-electron chi connectivity index (χ2n) is 3.59. The number of ether oxygens (including phenoxy) is 1. The molecule has 1 amide bonds. The highest BCUT2D eigenvalue weighted by atomic mass is 16.5. The molecule has 0 aliphatic carbocycles. The Hall–Kier alpha value is -2.24. The Labute approximate surface area is 97.2 Å². The van der Waals surface area contributed by atoms with Crippen molar-refractivity contribution in [1.29, 1.82) is 0 Å². The Morgan fingerprint density at radius 2 is 2.24 bits per heavy atom. The first-order valence-corrected chi connectivity index (χ1v) is 4.98. The van der Waals surface area contributed by atoms with Crippen molar-refractivity contribution >= 4 is 23.3 Å². The highest BCUT2D eigenvalue weighted by Crippen LogP contribution is 2.20. The van der Waals surface area contributed by atoms with E-state index in [1.54, 1.807) is 6.07 Å². The van der Waals surface area contributed by atoms with Crippen LogP contribution in [0.1, 0.15) is 16.9 Å². The lowest BCUT2D eigenvalue weighted by Gasteiger charge is -2.14. The maximum atomic E-state index is 11.5. The standard InChI is InChI=1S/C11H10N2O4/c1-17-11(16)9-4-7(2-3-12-9)13-6-8(14)5-10(13)15/h2-4H,5-6H2,1H3. The SMILES string of the molecule is COC(=O)c1cc(N2CC(=O)CC2=O)ccn1. The van der Waals surface area contributed by atoms with E-state index >= 15 is 0 Å². The lowest BCUT2D eigenvalue weighted by molar-refractivity contribution is -0.121. The van der Waals surface area contributed by atoms with Crippen LogP contribution in [0.5, 0.6) is 0 Å². The Morgan fingerprint density at radius 1 is 1.47 bits per heavy atom. The maximum absolute atomic E-state index is 11.5. The zero-order valence-electron chi connectivity index (χ0n) is 9.17. The van der Waals surface area contributed by atoms with Crippen molar-refractivity contribution in [3.63, 3.8) is 0 Å². The summed E-state index contributed by atoms with van der Waals surface area (Å²) in [6, 6.07) is 3.01. The smallest absolute Gasteiger partial charge is 0.356 e. The summed E-state index contributed by atoms with van der Waals surface area (Å²) in [5.74, 6) is -0.978. The van der Waals surface area contributed by atoms with Crippen LogP contribution in [0.25, 0.3) is 0 Å². The molecule has 88 valence electrons. The van der Waals surface area contributed by atoms with Gasteiger partial charge in [-0.05, 0) is 12.1 Å². The Kier molecular flexibility index (Phi) is 2.86. The third-order valence-electron chi connectivity index (χ3n) is 2.43. The van der Waals surface area contributed by atoms with Crippen LogP contribution in [0.4, 0.5) is 5.69 Å². The predicted molar refractivity (Wildman–Crippen MR) is 57.6 cm³/mol. The largest absolute Gasteiger partial charge is 0.464 e. The van der Waals surface area contributed by atoms with Crippen molar-refractivity contribution in [2.45, 2.75) is 6.42 Å². The maximum Gasteiger partial charge on any atom is 0.356 e. The number of aromatic nitrogens is 1. The van der Waals surface area contributed by atoms with Crippen molar-refractivity contribution in [1.82, 2.24) is 4.98 Å². The molecule has 0 saturated carbocycles. The van der Waals surface area contributed by atoms with Crippen molar-refractivity contribution in [3.05, 3.63) is 24.0 Å². The fourth-order valence-electron chi connectivity index (χ4n) is 1.62. The fraction of sp³-hybridized carbons (Fsp3) is 0.273. The first-order chi connectivity index (χ1) is 8.11. The molecule has 0 spiro atoms. The van der Waals surface area contributed by atoms with Gasteiger partial charge in [-0.1, -0.05) is 0 Å². The number of rotatable bonds is 2. The Bertz CT molecular complexity index is 498. The minimum Gasteiger partial charge on any atom is -0.464 e. The second kappa shape index (κ2) is 4.32. The minimum absolute atomic E-state index is 0.0451. The molecule has 17 heavy (non-hydrogen) atoms. The molecule has 1 fully saturated rings. The molecular formula is C11H10N2O4. The summed E-state index contributed by atoms with van der Waals surface area (Å²) in [5, 5.41) is 0. The van der Waals surface area contributed by atoms with Gasteiger partial charge in [0.05, 0.1) is 20.1 Å². The number of amides is 1. The predicted octanol–water partition coefficient (Wildman–Crippen LogP) is 0.174. The van der Waals surface area contributed by atoms with Gasteiger partial charge in [-0.15, -0.1) is 0 Å². The van der Waals surface area contributed by atoms with E-state index in [1.165, 1.54) is 24.3 Å². The molecule has 1 saturated heterocycles. The van der Waals surface area contributed by atoms with Crippen LogP contribution in [-0.2, 0) is 14.3 Å². The summed E-state index contributed by atoms with van der Waals surface area (Å²) in [6.07, 6.45) is 1.31. The molecule has 0 aromatic carbocycles. The number of hydrogen-bond acceptors (Lipinski definition) is 5. The molecule has 0 unspecified atom stereocenters. The number of Topliss-reactive ketones (excluding diaryl/α,β-unsaturated/α-hetero) is 1. The van der Waals surface area contributed by atoms with Crippen molar-refractivity contribution in [2.24, 2.45) is 0 Å². The van der Waals surface area contributed by atoms with Gasteiger partial charge in [0.25, 0.3) is 0 Å². The summed E-state index contributed by atoms with van der Waals surface area (Å²) >= 11 is 0. The lowest BCUT2D eigenvalue weighted by atomic mass is 10.3. The third-order valence-corrected chi connectivity index (χ3v) is 2.43. The van der Waals surface area contributed by atoms with E-state index in [9.17, 15) is 14.4 Å². The highest BCUT2D eigenvalue weighted by Gasteiger charge is 2.29. The van der Waals surface area contributed by atoms with Crippen LogP contribution in [-0.4, -0.2) is 36.3 Å². The Balaban J connectivity index is 2.30. The van der Waals surface area contributed by atoms with Gasteiger partial charge >= 0.3 is 5.97 Å². The molecule has 0 atom stereocenters. The first kappa shape index (κ1) is 11.3. The van der Waals surface area contributed by atoms with Gasteiger partial charge in [0.2, 0.25) is 5.91 Å². The molecule has 6 heteroatoms. The average Bonchev–Trinajstić information content (AvgIpc) is 2.67. The van der Waals surface area contributed by atoms with E-state index in [1.807, 2.05) is 0 Å². The highest BCUT2D eigenvalue weighted by molar-refractivity contribution is 6.15. The number of carbonyl (C=O) groups excluding carboxylic acids is 3. The summed E-state index contributed by atoms with van der Waals surface area (Å²) in [6.45, 7) is 0.0451. The monoisotopic (exact) mass is 234 g/mol. The summed E-state index contributed by atoms with van der Waals surface area (Å²) in [4.78, 5) is 39.1. The van der Waals surface area contributed by atoms with Gasteiger partial charge < -0.3 is 9.64 Å². The normalized spacial score (nSPS) is 15.2. The molecular weight excluding hydrogens is 224 g/mol.